The molecule has 0 amide bonds. The highest BCUT2D eigenvalue weighted by Gasteiger charge is 2.24. The summed E-state index contributed by atoms with van der Waals surface area (Å²) < 4.78 is 5.35. The molecule has 0 unspecified atom stereocenters. The summed E-state index contributed by atoms with van der Waals surface area (Å²) in [5.41, 5.74) is 7.76. The molecule has 1 heterocycles. The van der Waals surface area contributed by atoms with Crippen LogP contribution in [0.5, 0.6) is 0 Å². The average molecular weight is 243 g/mol. The predicted molar refractivity (Wildman–Crippen MR) is 69.1 cm³/mol. The number of rotatable bonds is 4. The molecule has 4 heteroatoms. The van der Waals surface area contributed by atoms with Gasteiger partial charge in [-0.3, -0.25) is 0 Å². The zero-order valence-electron chi connectivity index (χ0n) is 10.3. The van der Waals surface area contributed by atoms with E-state index >= 15 is 0 Å². The summed E-state index contributed by atoms with van der Waals surface area (Å²) in [5, 5.41) is 4.08. The van der Waals surface area contributed by atoms with Crippen molar-refractivity contribution in [3.05, 3.63) is 35.7 Å². The third kappa shape index (κ3) is 2.16. The molecule has 0 radical (unpaired) electrons. The van der Waals surface area contributed by atoms with Crippen LogP contribution in [0, 0.1) is 0 Å². The molecule has 0 spiro atoms. The lowest BCUT2D eigenvalue weighted by Crippen LogP contribution is -2.10. The zero-order chi connectivity index (χ0) is 12.4. The van der Waals surface area contributed by atoms with Crippen LogP contribution in [0.25, 0.3) is 11.5 Å². The molecule has 1 aromatic carbocycles. The highest BCUT2D eigenvalue weighted by molar-refractivity contribution is 5.54. The van der Waals surface area contributed by atoms with Gasteiger partial charge in [0.1, 0.15) is 0 Å². The number of nitrogens with zero attached hydrogens (tertiary/aromatic N) is 2. The van der Waals surface area contributed by atoms with Crippen molar-refractivity contribution in [2.45, 2.75) is 31.6 Å². The third-order valence-electron chi connectivity index (χ3n) is 3.52. The molecule has 0 saturated heterocycles. The van der Waals surface area contributed by atoms with Gasteiger partial charge in [-0.1, -0.05) is 23.7 Å². The first-order valence-electron chi connectivity index (χ1n) is 6.50. The molecular formula is C14H17N3O. The summed E-state index contributed by atoms with van der Waals surface area (Å²) in [6.45, 7) is 0.653. The van der Waals surface area contributed by atoms with E-state index < -0.39 is 0 Å². The fraction of sp³-hybridized carbons (Fsp3) is 0.429. The van der Waals surface area contributed by atoms with Crippen molar-refractivity contribution in [3.8, 4) is 11.5 Å². The van der Waals surface area contributed by atoms with Crippen LogP contribution in [0.4, 0.5) is 0 Å². The van der Waals surface area contributed by atoms with Crippen molar-refractivity contribution in [2.24, 2.45) is 5.73 Å². The SMILES string of the molecule is NCCc1cccc(-c2nc(C3CCC3)no2)c1. The van der Waals surface area contributed by atoms with Gasteiger partial charge in [-0.15, -0.1) is 0 Å². The summed E-state index contributed by atoms with van der Waals surface area (Å²) in [4.78, 5) is 4.49. The predicted octanol–water partition coefficient (Wildman–Crippen LogP) is 2.51. The number of aromatic nitrogens is 2. The zero-order valence-corrected chi connectivity index (χ0v) is 10.3. The molecular weight excluding hydrogens is 226 g/mol. The van der Waals surface area contributed by atoms with Crippen molar-refractivity contribution in [2.75, 3.05) is 6.54 Å². The standard InChI is InChI=1S/C14H17N3O/c15-8-7-10-3-1-6-12(9-10)14-16-13(17-18-14)11-4-2-5-11/h1,3,6,9,11H,2,4-5,7-8,15H2. The summed E-state index contributed by atoms with van der Waals surface area (Å²) in [5.74, 6) is 1.99. The maximum atomic E-state index is 5.57. The van der Waals surface area contributed by atoms with Crippen molar-refractivity contribution in [1.82, 2.24) is 10.1 Å². The maximum absolute atomic E-state index is 5.57. The van der Waals surface area contributed by atoms with E-state index in [9.17, 15) is 0 Å². The van der Waals surface area contributed by atoms with Crippen molar-refractivity contribution in [3.63, 3.8) is 0 Å². The fourth-order valence-corrected chi connectivity index (χ4v) is 2.21. The van der Waals surface area contributed by atoms with Gasteiger partial charge in [0.2, 0.25) is 0 Å². The third-order valence-corrected chi connectivity index (χ3v) is 3.52. The van der Waals surface area contributed by atoms with Gasteiger partial charge in [-0.05, 0) is 43.5 Å². The average Bonchev–Trinajstić information content (AvgIpc) is 2.77. The Kier molecular flexibility index (Phi) is 3.11. The molecule has 2 aromatic rings. The minimum atomic E-state index is 0.509. The van der Waals surface area contributed by atoms with Crippen molar-refractivity contribution < 1.29 is 4.52 Å². The van der Waals surface area contributed by atoms with Crippen molar-refractivity contribution in [1.29, 1.82) is 0 Å². The Morgan fingerprint density at radius 2 is 2.22 bits per heavy atom. The van der Waals surface area contributed by atoms with Crippen LogP contribution >= 0.6 is 0 Å². The number of benzene rings is 1. The monoisotopic (exact) mass is 243 g/mol. The van der Waals surface area contributed by atoms with E-state index in [-0.39, 0.29) is 0 Å². The topological polar surface area (TPSA) is 64.9 Å². The van der Waals surface area contributed by atoms with E-state index in [1.54, 1.807) is 0 Å². The van der Waals surface area contributed by atoms with E-state index in [0.717, 1.165) is 17.8 Å². The van der Waals surface area contributed by atoms with Gasteiger partial charge in [0.15, 0.2) is 5.82 Å². The molecule has 0 atom stereocenters. The number of hydrogen-bond donors (Lipinski definition) is 1. The molecule has 1 fully saturated rings. The van der Waals surface area contributed by atoms with Crippen LogP contribution in [-0.2, 0) is 6.42 Å². The van der Waals surface area contributed by atoms with Gasteiger partial charge in [0, 0.05) is 11.5 Å². The van der Waals surface area contributed by atoms with Gasteiger partial charge in [-0.25, -0.2) is 0 Å². The van der Waals surface area contributed by atoms with Gasteiger partial charge < -0.3 is 10.3 Å². The summed E-state index contributed by atoms with van der Waals surface area (Å²) in [6.07, 6.45) is 4.52. The lowest BCUT2D eigenvalue weighted by Gasteiger charge is -2.20. The smallest absolute Gasteiger partial charge is 0.257 e. The first-order valence-corrected chi connectivity index (χ1v) is 6.50. The highest BCUT2D eigenvalue weighted by atomic mass is 16.5. The molecule has 2 N–H and O–H groups in total. The molecule has 1 aliphatic rings. The van der Waals surface area contributed by atoms with Gasteiger partial charge in [0.05, 0.1) is 0 Å². The van der Waals surface area contributed by atoms with Crippen molar-refractivity contribution >= 4 is 0 Å². The molecule has 1 aromatic heterocycles. The van der Waals surface area contributed by atoms with E-state index in [1.165, 1.54) is 24.8 Å². The Bertz CT molecular complexity index is 531. The second-order valence-electron chi connectivity index (χ2n) is 4.82. The van der Waals surface area contributed by atoms with Crippen LogP contribution < -0.4 is 5.73 Å². The lowest BCUT2D eigenvalue weighted by atomic mass is 9.85. The second kappa shape index (κ2) is 4.90. The largest absolute Gasteiger partial charge is 0.334 e. The Morgan fingerprint density at radius 1 is 1.33 bits per heavy atom. The van der Waals surface area contributed by atoms with Crippen LogP contribution in [-0.4, -0.2) is 16.7 Å². The van der Waals surface area contributed by atoms with Crippen LogP contribution in [0.1, 0.15) is 36.6 Å². The van der Waals surface area contributed by atoms with Gasteiger partial charge in [0.25, 0.3) is 5.89 Å². The van der Waals surface area contributed by atoms with Crippen LogP contribution in [0.3, 0.4) is 0 Å². The number of hydrogen-bond acceptors (Lipinski definition) is 4. The molecule has 4 nitrogen and oxygen atoms in total. The number of nitrogens with two attached hydrogens (primary N) is 1. The fourth-order valence-electron chi connectivity index (χ4n) is 2.21. The van der Waals surface area contributed by atoms with E-state index in [4.69, 9.17) is 10.3 Å². The van der Waals surface area contributed by atoms with E-state index in [2.05, 4.69) is 22.3 Å². The highest BCUT2D eigenvalue weighted by Crippen LogP contribution is 2.35. The van der Waals surface area contributed by atoms with Gasteiger partial charge >= 0.3 is 0 Å². The molecule has 3 rings (SSSR count). The van der Waals surface area contributed by atoms with Gasteiger partial charge in [-0.2, -0.15) is 4.98 Å². The Balaban J connectivity index is 1.84. The first kappa shape index (κ1) is 11.4. The Morgan fingerprint density at radius 3 is 2.94 bits per heavy atom. The Hall–Kier alpha value is -1.68. The molecule has 94 valence electrons. The molecule has 0 aliphatic heterocycles. The summed E-state index contributed by atoms with van der Waals surface area (Å²) in [6, 6.07) is 8.15. The van der Waals surface area contributed by atoms with E-state index in [1.807, 2.05) is 12.1 Å². The molecule has 18 heavy (non-hydrogen) atoms. The quantitative estimate of drug-likeness (QED) is 0.896. The minimum Gasteiger partial charge on any atom is -0.334 e. The minimum absolute atomic E-state index is 0.509. The summed E-state index contributed by atoms with van der Waals surface area (Å²) >= 11 is 0. The first-order chi connectivity index (χ1) is 8.86. The summed E-state index contributed by atoms with van der Waals surface area (Å²) in [7, 11) is 0. The molecule has 1 saturated carbocycles. The molecule has 0 bridgehead atoms. The van der Waals surface area contributed by atoms with Crippen LogP contribution in [0.2, 0.25) is 0 Å². The normalized spacial score (nSPS) is 15.6. The van der Waals surface area contributed by atoms with Crippen LogP contribution in [0.15, 0.2) is 28.8 Å². The molecule has 1 aliphatic carbocycles. The van der Waals surface area contributed by atoms with E-state index in [0.29, 0.717) is 18.4 Å². The maximum Gasteiger partial charge on any atom is 0.257 e. The lowest BCUT2D eigenvalue weighted by molar-refractivity contribution is 0.366. The Labute approximate surface area is 106 Å². The second-order valence-corrected chi connectivity index (χ2v) is 4.82.